The first-order valence-electron chi connectivity index (χ1n) is 21.1. The van der Waals surface area contributed by atoms with E-state index in [-0.39, 0.29) is 44.6 Å². The van der Waals surface area contributed by atoms with Crippen LogP contribution in [0.15, 0.2) is 47.5 Å². The lowest BCUT2D eigenvalue weighted by Crippen LogP contribution is -2.44. The number of phenolic OH excluding ortho intramolecular Hbond substituents is 1. The summed E-state index contributed by atoms with van der Waals surface area (Å²) in [6, 6.07) is 11.6. The fourth-order valence-corrected chi connectivity index (χ4v) is 7.19. The maximum atomic E-state index is 14.2. The molecule has 3 aromatic rings. The zero-order chi connectivity index (χ0) is 43.3. The van der Waals surface area contributed by atoms with Crippen molar-refractivity contribution in [1.82, 2.24) is 0 Å². The van der Waals surface area contributed by atoms with Crippen molar-refractivity contribution in [2.75, 3.05) is 13.2 Å². The monoisotopic (exact) mass is 787 g/mol. The van der Waals surface area contributed by atoms with E-state index in [4.69, 9.17) is 14.5 Å². The highest BCUT2D eigenvalue weighted by Gasteiger charge is 2.46. The van der Waals surface area contributed by atoms with Gasteiger partial charge < -0.3 is 19.7 Å². The Morgan fingerprint density at radius 3 is 1.40 bits per heavy atom. The molecule has 2 atom stereocenters. The van der Waals surface area contributed by atoms with Gasteiger partial charge >= 0.3 is 0 Å². The number of phenols is 1. The summed E-state index contributed by atoms with van der Waals surface area (Å²) in [4.78, 5) is 16.5. The first-order valence-corrected chi connectivity index (χ1v) is 21.1. The van der Waals surface area contributed by atoms with Crippen LogP contribution in [0.1, 0.15) is 182 Å². The summed E-state index contributed by atoms with van der Waals surface area (Å²) in [7, 11) is 0. The SMILES string of the molecule is CCCCOc1c(C(C)(C)C)cc(C(O)(c2cc(C(C)(C)C)c(OCCCC)c(C(C)(C)C)c2)C(N=Cc2cc([N+](=O)[O-])ccc2O)C(C)CC)cc1C(C)(C)C. The van der Waals surface area contributed by atoms with Crippen molar-refractivity contribution < 1.29 is 24.6 Å². The second-order valence-electron chi connectivity index (χ2n) is 20.1. The number of nitrogens with zero attached hydrogens (tertiary/aromatic N) is 2. The van der Waals surface area contributed by atoms with Crippen LogP contribution in [0, 0.1) is 16.0 Å². The Bertz CT molecular complexity index is 1710. The van der Waals surface area contributed by atoms with Crippen LogP contribution in [0.3, 0.4) is 0 Å². The fraction of sp³-hybridized carbons (Fsp3) is 0.612. The van der Waals surface area contributed by atoms with E-state index in [0.717, 1.165) is 59.4 Å². The van der Waals surface area contributed by atoms with Crippen molar-refractivity contribution in [3.8, 4) is 17.2 Å². The fourth-order valence-electron chi connectivity index (χ4n) is 7.19. The van der Waals surface area contributed by atoms with Gasteiger partial charge in [-0.1, -0.05) is 130 Å². The van der Waals surface area contributed by atoms with Gasteiger partial charge in [-0.3, -0.25) is 15.1 Å². The molecule has 0 saturated carbocycles. The van der Waals surface area contributed by atoms with Crippen molar-refractivity contribution in [2.45, 2.75) is 176 Å². The minimum atomic E-state index is -1.73. The summed E-state index contributed by atoms with van der Waals surface area (Å²) in [5.74, 6) is 1.39. The van der Waals surface area contributed by atoms with Crippen LogP contribution in [0.25, 0.3) is 0 Å². The molecular formula is C49H74N2O6. The Balaban J connectivity index is 2.70. The number of aliphatic imine (C=N–C) groups is 1. The molecular weight excluding hydrogens is 713 g/mol. The molecule has 2 unspecified atom stereocenters. The topological polar surface area (TPSA) is 114 Å². The molecule has 0 amide bonds. The number of aromatic hydroxyl groups is 1. The molecule has 8 nitrogen and oxygen atoms in total. The number of unbranched alkanes of at least 4 members (excludes halogenated alkanes) is 2. The number of nitro benzene ring substituents is 1. The van der Waals surface area contributed by atoms with Gasteiger partial charge in [0.1, 0.15) is 22.8 Å². The number of non-ortho nitro benzene ring substituents is 1. The maximum absolute atomic E-state index is 14.2. The van der Waals surface area contributed by atoms with Crippen LogP contribution in [0.5, 0.6) is 17.2 Å². The quantitative estimate of drug-likeness (QED) is 0.0647. The Morgan fingerprint density at radius 1 is 0.702 bits per heavy atom. The summed E-state index contributed by atoms with van der Waals surface area (Å²) in [6.07, 6.45) is 6.02. The van der Waals surface area contributed by atoms with Crippen LogP contribution in [-0.2, 0) is 27.3 Å². The van der Waals surface area contributed by atoms with E-state index in [2.05, 4.69) is 135 Å². The summed E-state index contributed by atoms with van der Waals surface area (Å²) in [6.45, 7) is 35.8. The summed E-state index contributed by atoms with van der Waals surface area (Å²) in [5, 5.41) is 36.9. The molecule has 57 heavy (non-hydrogen) atoms. The molecule has 8 heteroatoms. The van der Waals surface area contributed by atoms with Crippen molar-refractivity contribution in [1.29, 1.82) is 0 Å². The number of nitro groups is 1. The summed E-state index contributed by atoms with van der Waals surface area (Å²) >= 11 is 0. The molecule has 0 bridgehead atoms. The Morgan fingerprint density at radius 2 is 1.09 bits per heavy atom. The molecule has 316 valence electrons. The number of benzene rings is 3. The zero-order valence-corrected chi connectivity index (χ0v) is 38.1. The largest absolute Gasteiger partial charge is 0.507 e. The molecule has 3 aromatic carbocycles. The molecule has 0 spiro atoms. The Kier molecular flexibility index (Phi) is 15.3. The van der Waals surface area contributed by atoms with Crippen molar-refractivity contribution in [2.24, 2.45) is 10.9 Å². The predicted octanol–water partition coefficient (Wildman–Crippen LogP) is 12.6. The van der Waals surface area contributed by atoms with Gasteiger partial charge in [-0.05, 0) is 81.9 Å². The molecule has 0 fully saturated rings. The smallest absolute Gasteiger partial charge is 0.270 e. The standard InChI is InChI=1S/C49H74N2O6/c1-17-20-24-56-42-37(45(5,6)7)27-34(28-38(42)46(8,9)10)49(53,44(32(4)19-3)50-31-33-26-36(51(54)55)22-23-41(33)52)35-29-39(47(11,12)13)43(57-25-21-18-2)40(30-35)48(14,15)16/h22-23,26-32,44,52-53H,17-21,24-25H2,1-16H3. The number of aliphatic hydroxyl groups is 1. The summed E-state index contributed by atoms with van der Waals surface area (Å²) < 4.78 is 13.4. The molecule has 0 aliphatic rings. The number of ether oxygens (including phenoxy) is 2. The lowest BCUT2D eigenvalue weighted by Gasteiger charge is -2.42. The molecule has 2 N–H and O–H groups in total. The van der Waals surface area contributed by atoms with Gasteiger partial charge in [0.2, 0.25) is 0 Å². The van der Waals surface area contributed by atoms with E-state index in [9.17, 15) is 20.3 Å². The normalized spacial score (nSPS) is 14.2. The minimum Gasteiger partial charge on any atom is -0.507 e. The van der Waals surface area contributed by atoms with E-state index in [1.807, 2.05) is 0 Å². The third kappa shape index (κ3) is 11.2. The van der Waals surface area contributed by atoms with Gasteiger partial charge in [0.15, 0.2) is 0 Å². The Hall–Kier alpha value is -3.91. The number of hydrogen-bond acceptors (Lipinski definition) is 7. The van der Waals surface area contributed by atoms with E-state index < -0.39 is 16.6 Å². The van der Waals surface area contributed by atoms with Gasteiger partial charge in [0, 0.05) is 46.2 Å². The van der Waals surface area contributed by atoms with Gasteiger partial charge in [-0.25, -0.2) is 0 Å². The maximum Gasteiger partial charge on any atom is 0.270 e. The van der Waals surface area contributed by atoms with E-state index in [1.54, 1.807) is 0 Å². The molecule has 0 aromatic heterocycles. The average molecular weight is 787 g/mol. The predicted molar refractivity (Wildman–Crippen MR) is 237 cm³/mol. The minimum absolute atomic E-state index is 0.131. The van der Waals surface area contributed by atoms with Crippen molar-refractivity contribution in [3.63, 3.8) is 0 Å². The molecule has 3 rings (SSSR count). The lowest BCUT2D eigenvalue weighted by molar-refractivity contribution is -0.384. The van der Waals surface area contributed by atoms with E-state index in [1.165, 1.54) is 24.4 Å². The third-order valence-corrected chi connectivity index (χ3v) is 11.0. The average Bonchev–Trinajstić information content (AvgIpc) is 3.10. The highest BCUT2D eigenvalue weighted by Crippen LogP contribution is 2.50. The first kappa shape index (κ1) is 47.5. The third-order valence-electron chi connectivity index (χ3n) is 11.0. The van der Waals surface area contributed by atoms with Crippen LogP contribution in [0.2, 0.25) is 0 Å². The van der Waals surface area contributed by atoms with E-state index in [0.29, 0.717) is 30.8 Å². The van der Waals surface area contributed by atoms with Crippen LogP contribution in [0.4, 0.5) is 5.69 Å². The van der Waals surface area contributed by atoms with Gasteiger partial charge in [-0.2, -0.15) is 0 Å². The molecule has 0 aliphatic carbocycles. The molecule has 0 aliphatic heterocycles. The van der Waals surface area contributed by atoms with Gasteiger partial charge in [0.25, 0.3) is 5.69 Å². The second-order valence-corrected chi connectivity index (χ2v) is 20.1. The Labute approximate surface area is 344 Å². The van der Waals surface area contributed by atoms with Crippen LogP contribution < -0.4 is 9.47 Å². The highest BCUT2D eigenvalue weighted by atomic mass is 16.6. The lowest BCUT2D eigenvalue weighted by atomic mass is 9.68. The van der Waals surface area contributed by atoms with Gasteiger partial charge in [-0.15, -0.1) is 0 Å². The van der Waals surface area contributed by atoms with Crippen LogP contribution in [-0.4, -0.2) is 40.6 Å². The van der Waals surface area contributed by atoms with Gasteiger partial charge in [0.05, 0.1) is 24.2 Å². The zero-order valence-electron chi connectivity index (χ0n) is 38.1. The van der Waals surface area contributed by atoms with Crippen LogP contribution >= 0.6 is 0 Å². The second kappa shape index (κ2) is 18.3. The molecule has 0 heterocycles. The molecule has 0 radical (unpaired) electrons. The number of hydrogen-bond donors (Lipinski definition) is 2. The highest BCUT2D eigenvalue weighted by molar-refractivity contribution is 5.84. The number of rotatable bonds is 16. The van der Waals surface area contributed by atoms with Crippen molar-refractivity contribution in [3.05, 3.63) is 91.5 Å². The van der Waals surface area contributed by atoms with E-state index >= 15 is 0 Å². The summed E-state index contributed by atoms with van der Waals surface area (Å²) in [5.41, 5.74) is 2.25. The molecule has 0 saturated heterocycles. The first-order chi connectivity index (χ1) is 26.2. The van der Waals surface area contributed by atoms with Crippen molar-refractivity contribution >= 4 is 11.9 Å².